The fourth-order valence-electron chi connectivity index (χ4n) is 2.19. The van der Waals surface area contributed by atoms with E-state index in [2.05, 4.69) is 42.3 Å². The Morgan fingerprint density at radius 2 is 1.90 bits per heavy atom. The number of unbranched alkanes of at least 4 members (excludes halogenated alkanes) is 1. The van der Waals surface area contributed by atoms with Gasteiger partial charge >= 0.3 is 0 Å². The number of pyridine rings is 1. The highest BCUT2D eigenvalue weighted by atomic mass is 16.5. The minimum absolute atomic E-state index is 0.737. The number of hydrogen-bond acceptors (Lipinski definition) is 3. The summed E-state index contributed by atoms with van der Waals surface area (Å²) in [6.07, 6.45) is 5.28. The molecule has 1 heterocycles. The van der Waals surface area contributed by atoms with Gasteiger partial charge in [0.25, 0.3) is 0 Å². The molecule has 0 radical (unpaired) electrons. The van der Waals surface area contributed by atoms with E-state index in [1.54, 1.807) is 0 Å². The summed E-state index contributed by atoms with van der Waals surface area (Å²) >= 11 is 0. The molecule has 2 rings (SSSR count). The molecule has 0 fully saturated rings. The van der Waals surface area contributed by atoms with Gasteiger partial charge in [0.1, 0.15) is 0 Å². The molecule has 0 saturated carbocycles. The zero-order valence-corrected chi connectivity index (χ0v) is 12.5. The quantitative estimate of drug-likeness (QED) is 0.740. The fraction of sp³-hybridized carbons (Fsp3) is 0.471. The molecule has 0 atom stereocenters. The monoisotopic (exact) mass is 272 g/mol. The minimum Gasteiger partial charge on any atom is -0.477 e. The van der Waals surface area contributed by atoms with Crippen LogP contribution in [0.5, 0.6) is 5.88 Å². The highest BCUT2D eigenvalue weighted by molar-refractivity contribution is 5.89. The number of nitrogens with one attached hydrogen (secondary N) is 1. The van der Waals surface area contributed by atoms with Gasteiger partial charge < -0.3 is 10.1 Å². The average molecular weight is 272 g/mol. The van der Waals surface area contributed by atoms with Crippen LogP contribution in [0.15, 0.2) is 30.5 Å². The van der Waals surface area contributed by atoms with Crippen LogP contribution in [-0.4, -0.2) is 18.1 Å². The lowest BCUT2D eigenvalue weighted by Crippen LogP contribution is -2.14. The lowest BCUT2D eigenvalue weighted by atomic mass is 10.1. The van der Waals surface area contributed by atoms with Gasteiger partial charge in [-0.3, -0.25) is 0 Å². The number of rotatable bonds is 8. The van der Waals surface area contributed by atoms with Crippen LogP contribution in [0.25, 0.3) is 10.8 Å². The lowest BCUT2D eigenvalue weighted by molar-refractivity contribution is 0.301. The molecule has 0 aliphatic rings. The second-order valence-corrected chi connectivity index (χ2v) is 5.01. The first-order chi connectivity index (χ1) is 9.86. The van der Waals surface area contributed by atoms with E-state index in [0.29, 0.717) is 0 Å². The second-order valence-electron chi connectivity index (χ2n) is 5.01. The van der Waals surface area contributed by atoms with Crippen molar-refractivity contribution in [1.82, 2.24) is 10.3 Å². The first-order valence-corrected chi connectivity index (χ1v) is 7.57. The molecule has 20 heavy (non-hydrogen) atoms. The van der Waals surface area contributed by atoms with Crippen LogP contribution in [0.1, 0.15) is 38.7 Å². The van der Waals surface area contributed by atoms with Crippen molar-refractivity contribution in [1.29, 1.82) is 0 Å². The molecule has 0 saturated heterocycles. The smallest absolute Gasteiger partial charge is 0.221 e. The van der Waals surface area contributed by atoms with Gasteiger partial charge in [-0.2, -0.15) is 0 Å². The van der Waals surface area contributed by atoms with Crippen molar-refractivity contribution in [2.45, 2.75) is 39.7 Å². The topological polar surface area (TPSA) is 34.1 Å². The lowest BCUT2D eigenvalue weighted by Gasteiger charge is -2.11. The molecule has 0 aliphatic heterocycles. The van der Waals surface area contributed by atoms with Gasteiger partial charge in [-0.25, -0.2) is 4.98 Å². The molecule has 3 heteroatoms. The Kier molecular flexibility index (Phi) is 5.81. The Balaban J connectivity index is 2.22. The zero-order chi connectivity index (χ0) is 14.2. The molecule has 2 aromatic rings. The van der Waals surface area contributed by atoms with Crippen LogP contribution in [0, 0.1) is 0 Å². The van der Waals surface area contributed by atoms with Gasteiger partial charge in [0.15, 0.2) is 0 Å². The Morgan fingerprint density at radius 1 is 1.10 bits per heavy atom. The van der Waals surface area contributed by atoms with Crippen LogP contribution in [-0.2, 0) is 6.54 Å². The second kappa shape index (κ2) is 7.85. The van der Waals surface area contributed by atoms with Crippen LogP contribution < -0.4 is 10.1 Å². The zero-order valence-electron chi connectivity index (χ0n) is 12.5. The number of nitrogens with zero attached hydrogens (tertiary/aromatic N) is 1. The van der Waals surface area contributed by atoms with E-state index >= 15 is 0 Å². The standard InChI is InChI=1S/C17H24N2O/c1-3-5-11-20-17-16-9-7-6-8-15(16)14(13-19-17)12-18-10-4-2/h6-9,13,18H,3-5,10-12H2,1-2H3. The van der Waals surface area contributed by atoms with E-state index < -0.39 is 0 Å². The number of benzene rings is 1. The molecule has 0 amide bonds. The number of aromatic nitrogens is 1. The number of hydrogen-bond donors (Lipinski definition) is 1. The highest BCUT2D eigenvalue weighted by Crippen LogP contribution is 2.26. The molecule has 0 aliphatic carbocycles. The first-order valence-electron chi connectivity index (χ1n) is 7.57. The van der Waals surface area contributed by atoms with E-state index in [1.165, 1.54) is 10.9 Å². The molecule has 108 valence electrons. The Bertz CT molecular complexity index is 491. The molecule has 0 bridgehead atoms. The maximum absolute atomic E-state index is 5.81. The molecule has 1 aromatic carbocycles. The van der Waals surface area contributed by atoms with Gasteiger partial charge in [0.05, 0.1) is 6.61 Å². The maximum Gasteiger partial charge on any atom is 0.221 e. The molecular formula is C17H24N2O. The minimum atomic E-state index is 0.737. The van der Waals surface area contributed by atoms with E-state index in [0.717, 1.165) is 50.2 Å². The average Bonchev–Trinajstić information content (AvgIpc) is 2.49. The van der Waals surface area contributed by atoms with Crippen molar-refractivity contribution in [3.63, 3.8) is 0 Å². The van der Waals surface area contributed by atoms with Crippen molar-refractivity contribution in [2.75, 3.05) is 13.2 Å². The van der Waals surface area contributed by atoms with E-state index in [-0.39, 0.29) is 0 Å². The first kappa shape index (κ1) is 14.8. The molecule has 0 spiro atoms. The fourth-order valence-corrected chi connectivity index (χ4v) is 2.19. The van der Waals surface area contributed by atoms with Gasteiger partial charge in [-0.05, 0) is 36.4 Å². The summed E-state index contributed by atoms with van der Waals surface area (Å²) in [6, 6.07) is 8.35. The molecule has 0 unspecified atom stereocenters. The predicted molar refractivity (Wildman–Crippen MR) is 84.1 cm³/mol. The number of ether oxygens (including phenoxy) is 1. The third-order valence-electron chi connectivity index (χ3n) is 3.32. The summed E-state index contributed by atoms with van der Waals surface area (Å²) in [5, 5.41) is 5.78. The number of fused-ring (bicyclic) bond motifs is 1. The van der Waals surface area contributed by atoms with Gasteiger partial charge in [0, 0.05) is 18.1 Å². The summed E-state index contributed by atoms with van der Waals surface area (Å²) < 4.78 is 5.81. The summed E-state index contributed by atoms with van der Waals surface area (Å²) in [5.41, 5.74) is 1.23. The molecule has 1 aromatic heterocycles. The van der Waals surface area contributed by atoms with Crippen molar-refractivity contribution < 1.29 is 4.74 Å². The Morgan fingerprint density at radius 3 is 2.65 bits per heavy atom. The molecule has 3 nitrogen and oxygen atoms in total. The largest absolute Gasteiger partial charge is 0.477 e. The summed E-state index contributed by atoms with van der Waals surface area (Å²) in [7, 11) is 0. The summed E-state index contributed by atoms with van der Waals surface area (Å²) in [5.74, 6) is 0.758. The summed E-state index contributed by atoms with van der Waals surface area (Å²) in [6.45, 7) is 6.96. The van der Waals surface area contributed by atoms with Crippen LogP contribution in [0.4, 0.5) is 0 Å². The third kappa shape index (κ3) is 3.70. The van der Waals surface area contributed by atoms with Crippen molar-refractivity contribution >= 4 is 10.8 Å². The van der Waals surface area contributed by atoms with Gasteiger partial charge in [0.2, 0.25) is 5.88 Å². The SMILES string of the molecule is CCCCOc1ncc(CNCCC)c2ccccc12. The Hall–Kier alpha value is -1.61. The van der Waals surface area contributed by atoms with Crippen LogP contribution in [0.2, 0.25) is 0 Å². The Labute approximate surface area is 121 Å². The van der Waals surface area contributed by atoms with E-state index in [9.17, 15) is 0 Å². The van der Waals surface area contributed by atoms with Crippen LogP contribution in [0.3, 0.4) is 0 Å². The third-order valence-corrected chi connectivity index (χ3v) is 3.32. The van der Waals surface area contributed by atoms with Crippen LogP contribution >= 0.6 is 0 Å². The van der Waals surface area contributed by atoms with Crippen molar-refractivity contribution in [3.05, 3.63) is 36.0 Å². The van der Waals surface area contributed by atoms with E-state index in [1.807, 2.05) is 12.3 Å². The van der Waals surface area contributed by atoms with Gasteiger partial charge in [-0.1, -0.05) is 38.5 Å². The maximum atomic E-state index is 5.81. The normalized spacial score (nSPS) is 10.9. The summed E-state index contributed by atoms with van der Waals surface area (Å²) in [4.78, 5) is 4.50. The molecular weight excluding hydrogens is 248 g/mol. The molecule has 1 N–H and O–H groups in total. The van der Waals surface area contributed by atoms with Crippen molar-refractivity contribution in [2.24, 2.45) is 0 Å². The highest BCUT2D eigenvalue weighted by Gasteiger charge is 2.07. The van der Waals surface area contributed by atoms with E-state index in [4.69, 9.17) is 4.74 Å². The van der Waals surface area contributed by atoms with Gasteiger partial charge in [-0.15, -0.1) is 0 Å². The predicted octanol–water partition coefficient (Wildman–Crippen LogP) is 3.91. The van der Waals surface area contributed by atoms with Crippen molar-refractivity contribution in [3.8, 4) is 5.88 Å².